The van der Waals surface area contributed by atoms with E-state index < -0.39 is 18.7 Å². The molecule has 0 saturated carbocycles. The number of halogens is 2. The maximum absolute atomic E-state index is 13.5. The largest absolute Gasteiger partial charge is 0.437 e. The Labute approximate surface area is 210 Å². The molecule has 5 nitrogen and oxygen atoms in total. The lowest BCUT2D eigenvalue weighted by Gasteiger charge is -2.43. The Kier molecular flexibility index (Phi) is 7.83. The molecule has 3 aromatic carbocycles. The molecule has 0 bridgehead atoms. The number of nitrogens with one attached hydrogen (secondary N) is 1. The number of rotatable bonds is 7. The normalized spacial score (nSPS) is 15.2. The van der Waals surface area contributed by atoms with Crippen molar-refractivity contribution >= 4 is 18.6 Å². The zero-order valence-electron chi connectivity index (χ0n) is 20.2. The molecule has 0 aromatic heterocycles. The van der Waals surface area contributed by atoms with Crippen molar-refractivity contribution in [3.63, 3.8) is 0 Å². The van der Waals surface area contributed by atoms with Crippen molar-refractivity contribution in [2.75, 3.05) is 18.4 Å². The third kappa shape index (κ3) is 5.81. The van der Waals surface area contributed by atoms with E-state index in [0.717, 1.165) is 41.7 Å². The van der Waals surface area contributed by atoms with Crippen LogP contribution in [0.3, 0.4) is 0 Å². The van der Waals surface area contributed by atoms with Gasteiger partial charge in [-0.05, 0) is 85.5 Å². The Balaban J connectivity index is 1.52. The summed E-state index contributed by atoms with van der Waals surface area (Å²) in [5, 5.41) is 21.9. The highest BCUT2D eigenvalue weighted by molar-refractivity contribution is 6.45. The van der Waals surface area contributed by atoms with Crippen LogP contribution >= 0.6 is 0 Å². The minimum Gasteiger partial charge on any atom is -0.437 e. The first-order valence-corrected chi connectivity index (χ1v) is 12.1. The number of carbonyl (C=O) groups is 1. The first kappa shape index (κ1) is 25.6. The summed E-state index contributed by atoms with van der Waals surface area (Å²) in [6.07, 6.45) is 2.36. The van der Waals surface area contributed by atoms with Crippen molar-refractivity contribution < 1.29 is 18.6 Å². The molecule has 8 heteroatoms. The second kappa shape index (κ2) is 11.0. The van der Waals surface area contributed by atoms with Crippen molar-refractivity contribution in [1.82, 2.24) is 4.81 Å². The number of amides is 1. The number of benzene rings is 3. The number of carbonyl (C=O) groups excluding carboxylic acids is 1. The highest BCUT2D eigenvalue weighted by Gasteiger charge is 2.37. The van der Waals surface area contributed by atoms with Gasteiger partial charge < -0.3 is 15.2 Å². The van der Waals surface area contributed by atoms with Gasteiger partial charge in [-0.2, -0.15) is 5.26 Å². The van der Waals surface area contributed by atoms with E-state index in [4.69, 9.17) is 0 Å². The van der Waals surface area contributed by atoms with Gasteiger partial charge in [-0.25, -0.2) is 8.78 Å². The minimum atomic E-state index is -1.00. The molecule has 1 amide bonds. The van der Waals surface area contributed by atoms with Crippen LogP contribution in [-0.4, -0.2) is 35.9 Å². The SMILES string of the molecule is CB(O)N1CCC(CCC(=O)Nc2ccc(F)c(F)c2)(c2ccc(-c3cccc(C#N)c3)cc2)CC1. The number of hydrogen-bond donors (Lipinski definition) is 2. The zero-order chi connectivity index (χ0) is 25.7. The monoisotopic (exact) mass is 487 g/mol. The summed E-state index contributed by atoms with van der Waals surface area (Å²) in [5.74, 6) is -2.22. The molecule has 1 aliphatic rings. The van der Waals surface area contributed by atoms with Crippen molar-refractivity contribution in [2.24, 2.45) is 0 Å². The lowest BCUT2D eigenvalue weighted by Crippen LogP contribution is -2.48. The molecule has 0 radical (unpaired) electrons. The molecule has 1 aliphatic heterocycles. The van der Waals surface area contributed by atoms with Crippen molar-refractivity contribution in [3.8, 4) is 17.2 Å². The molecule has 0 spiro atoms. The molecule has 184 valence electrons. The topological polar surface area (TPSA) is 76.4 Å². The van der Waals surface area contributed by atoms with Crippen LogP contribution in [-0.2, 0) is 10.2 Å². The molecule has 1 saturated heterocycles. The van der Waals surface area contributed by atoms with Gasteiger partial charge in [0.1, 0.15) is 0 Å². The second-order valence-electron chi connectivity index (χ2n) is 9.40. The lowest BCUT2D eigenvalue weighted by atomic mass is 9.67. The maximum Gasteiger partial charge on any atom is 0.376 e. The fourth-order valence-corrected chi connectivity index (χ4v) is 4.94. The van der Waals surface area contributed by atoms with E-state index in [1.165, 1.54) is 6.07 Å². The van der Waals surface area contributed by atoms with Gasteiger partial charge in [0.25, 0.3) is 0 Å². The summed E-state index contributed by atoms with van der Waals surface area (Å²) in [4.78, 5) is 14.7. The number of piperidine rings is 1. The second-order valence-corrected chi connectivity index (χ2v) is 9.40. The number of hydrogen-bond acceptors (Lipinski definition) is 4. The Bertz CT molecular complexity index is 1270. The van der Waals surface area contributed by atoms with Crippen LogP contribution in [0, 0.1) is 23.0 Å². The van der Waals surface area contributed by atoms with Crippen LogP contribution in [0.2, 0.25) is 6.82 Å². The summed E-state index contributed by atoms with van der Waals surface area (Å²) in [6, 6.07) is 21.2. The van der Waals surface area contributed by atoms with Crippen molar-refractivity contribution in [2.45, 2.75) is 37.9 Å². The first-order valence-electron chi connectivity index (χ1n) is 12.1. The highest BCUT2D eigenvalue weighted by atomic mass is 19.2. The van der Waals surface area contributed by atoms with Gasteiger partial charge in [-0.3, -0.25) is 4.79 Å². The zero-order valence-corrected chi connectivity index (χ0v) is 20.2. The van der Waals surface area contributed by atoms with Crippen molar-refractivity contribution in [3.05, 3.63) is 89.5 Å². The average molecular weight is 487 g/mol. The van der Waals surface area contributed by atoms with Crippen LogP contribution in [0.5, 0.6) is 0 Å². The van der Waals surface area contributed by atoms with E-state index in [-0.39, 0.29) is 23.4 Å². The van der Waals surface area contributed by atoms with Gasteiger partial charge in [0.15, 0.2) is 11.6 Å². The van der Waals surface area contributed by atoms with Gasteiger partial charge in [-0.1, -0.05) is 36.4 Å². The number of nitriles is 1. The van der Waals surface area contributed by atoms with Crippen molar-refractivity contribution in [1.29, 1.82) is 5.26 Å². The van der Waals surface area contributed by atoms with E-state index in [0.29, 0.717) is 25.1 Å². The molecule has 0 aliphatic carbocycles. The van der Waals surface area contributed by atoms with E-state index >= 15 is 0 Å². The molecule has 2 N–H and O–H groups in total. The smallest absolute Gasteiger partial charge is 0.376 e. The quantitative estimate of drug-likeness (QED) is 0.440. The van der Waals surface area contributed by atoms with Crippen LogP contribution in [0.4, 0.5) is 14.5 Å². The highest BCUT2D eigenvalue weighted by Crippen LogP contribution is 2.40. The van der Waals surface area contributed by atoms with E-state index in [2.05, 4.69) is 23.5 Å². The molecule has 4 rings (SSSR count). The fourth-order valence-electron chi connectivity index (χ4n) is 4.94. The Morgan fingerprint density at radius 3 is 2.42 bits per heavy atom. The van der Waals surface area contributed by atoms with E-state index in [1.54, 1.807) is 12.9 Å². The molecular weight excluding hydrogens is 459 g/mol. The third-order valence-electron chi connectivity index (χ3n) is 7.14. The summed E-state index contributed by atoms with van der Waals surface area (Å²) in [6.45, 7) is 3.16. The van der Waals surface area contributed by atoms with Crippen LogP contribution in [0.1, 0.15) is 36.8 Å². The third-order valence-corrected chi connectivity index (χ3v) is 7.14. The van der Waals surface area contributed by atoms with Crippen LogP contribution in [0.25, 0.3) is 11.1 Å². The summed E-state index contributed by atoms with van der Waals surface area (Å²) in [7, 11) is -0.533. The first-order chi connectivity index (χ1) is 17.3. The van der Waals surface area contributed by atoms with Gasteiger partial charge in [-0.15, -0.1) is 0 Å². The van der Waals surface area contributed by atoms with Gasteiger partial charge >= 0.3 is 7.05 Å². The van der Waals surface area contributed by atoms with Gasteiger partial charge in [0, 0.05) is 18.2 Å². The molecular formula is C28H28BF2N3O2. The lowest BCUT2D eigenvalue weighted by molar-refractivity contribution is -0.116. The molecule has 36 heavy (non-hydrogen) atoms. The van der Waals surface area contributed by atoms with E-state index in [1.807, 2.05) is 35.1 Å². The van der Waals surface area contributed by atoms with E-state index in [9.17, 15) is 23.9 Å². The predicted octanol–water partition coefficient (Wildman–Crippen LogP) is 5.37. The Hall–Kier alpha value is -3.54. The molecule has 1 heterocycles. The van der Waals surface area contributed by atoms with Crippen LogP contribution < -0.4 is 5.32 Å². The minimum absolute atomic E-state index is 0.222. The Morgan fingerprint density at radius 2 is 1.78 bits per heavy atom. The molecule has 1 fully saturated rings. The number of anilines is 1. The Morgan fingerprint density at radius 1 is 1.06 bits per heavy atom. The van der Waals surface area contributed by atoms with Gasteiger partial charge in [0.2, 0.25) is 5.91 Å². The summed E-state index contributed by atoms with van der Waals surface area (Å²) >= 11 is 0. The van der Waals surface area contributed by atoms with Crippen LogP contribution in [0.15, 0.2) is 66.7 Å². The molecule has 3 aromatic rings. The standard InChI is InChI=1S/C28H28BF2N3O2/c1-29(36)34-15-13-28(14-16-34,12-11-27(35)33-24-9-10-25(30)26(31)18-24)23-7-5-21(6-8-23)22-4-2-3-20(17-22)19-32/h2-10,17-18,36H,11-16H2,1H3,(H,33,35). The summed E-state index contributed by atoms with van der Waals surface area (Å²) < 4.78 is 26.7. The van der Waals surface area contributed by atoms with Gasteiger partial charge in [0.05, 0.1) is 11.6 Å². The molecule has 0 unspecified atom stereocenters. The average Bonchev–Trinajstić information content (AvgIpc) is 2.90. The molecule has 0 atom stereocenters. The number of nitrogens with zero attached hydrogens (tertiary/aromatic N) is 2. The fraction of sp³-hybridized carbons (Fsp3) is 0.286. The summed E-state index contributed by atoms with van der Waals surface area (Å²) in [5.41, 5.74) is 3.65. The maximum atomic E-state index is 13.5. The predicted molar refractivity (Wildman–Crippen MR) is 137 cm³/mol.